The third-order valence-electron chi connectivity index (χ3n) is 1.89. The normalized spacial score (nSPS) is 15.9. The lowest BCUT2D eigenvalue weighted by Crippen LogP contribution is -2.30. The second kappa shape index (κ2) is 3.86. The van der Waals surface area contributed by atoms with Crippen LogP contribution in [0.5, 0.6) is 0 Å². The summed E-state index contributed by atoms with van der Waals surface area (Å²) in [4.78, 5) is 4.13. The van der Waals surface area contributed by atoms with Crippen LogP contribution in [0, 0.1) is 11.3 Å². The molecule has 0 amide bonds. The maximum Gasteiger partial charge on any atom is 0.119 e. The van der Waals surface area contributed by atoms with Crippen molar-refractivity contribution in [1.82, 2.24) is 4.98 Å². The minimum atomic E-state index is 0.456. The second-order valence-electron chi connectivity index (χ2n) is 3.01. The Morgan fingerprint density at radius 3 is 2.93 bits per heavy atom. The molecule has 0 aromatic carbocycles. The van der Waals surface area contributed by atoms with Crippen molar-refractivity contribution in [2.75, 3.05) is 18.9 Å². The second-order valence-corrected chi connectivity index (χ2v) is 4.30. The molecule has 72 valence electrons. The molecule has 0 unspecified atom stereocenters. The first-order valence-electron chi connectivity index (χ1n) is 4.19. The number of rotatable bonds is 2. The van der Waals surface area contributed by atoms with Gasteiger partial charge in [-0.3, -0.25) is 0 Å². The van der Waals surface area contributed by atoms with Crippen molar-refractivity contribution in [2.45, 2.75) is 10.3 Å². The van der Waals surface area contributed by atoms with Crippen LogP contribution in [0.4, 0.5) is 5.69 Å². The van der Waals surface area contributed by atoms with E-state index >= 15 is 0 Å². The van der Waals surface area contributed by atoms with Crippen LogP contribution < -0.4 is 5.73 Å². The van der Waals surface area contributed by atoms with E-state index in [1.807, 2.05) is 6.07 Å². The first-order valence-corrected chi connectivity index (χ1v) is 5.07. The quantitative estimate of drug-likeness (QED) is 0.784. The van der Waals surface area contributed by atoms with Gasteiger partial charge in [0.1, 0.15) is 11.1 Å². The molecule has 1 aromatic heterocycles. The Morgan fingerprint density at radius 1 is 1.64 bits per heavy atom. The predicted octanol–water partition coefficient (Wildman–Crippen LogP) is 1.03. The summed E-state index contributed by atoms with van der Waals surface area (Å²) < 4.78 is 5.05. The molecule has 0 saturated carbocycles. The molecular formula is C9H9N3OS. The van der Waals surface area contributed by atoms with Gasteiger partial charge in [0.25, 0.3) is 0 Å². The zero-order valence-electron chi connectivity index (χ0n) is 7.43. The summed E-state index contributed by atoms with van der Waals surface area (Å²) in [6.45, 7) is 1.51. The van der Waals surface area contributed by atoms with E-state index in [0.717, 1.165) is 18.2 Å². The standard InChI is InChI=1S/C9H9N3OS/c10-2-6-1-8(11)9(12-3-6)14-7-4-13-5-7/h1,3,7H,4-5,11H2. The molecule has 0 aliphatic carbocycles. The van der Waals surface area contributed by atoms with E-state index in [9.17, 15) is 0 Å². The van der Waals surface area contributed by atoms with Crippen LogP contribution in [0.15, 0.2) is 17.3 Å². The van der Waals surface area contributed by atoms with E-state index in [-0.39, 0.29) is 0 Å². The van der Waals surface area contributed by atoms with Crippen LogP contribution in [0.1, 0.15) is 5.56 Å². The Kier molecular flexibility index (Phi) is 2.57. The summed E-state index contributed by atoms with van der Waals surface area (Å²) in [6, 6.07) is 3.65. The molecule has 4 nitrogen and oxygen atoms in total. The number of hydrogen-bond donors (Lipinski definition) is 1. The number of thioether (sulfide) groups is 1. The van der Waals surface area contributed by atoms with Crippen LogP contribution in [-0.2, 0) is 4.74 Å². The molecule has 2 heterocycles. The first kappa shape index (κ1) is 9.31. The molecule has 2 rings (SSSR count). The van der Waals surface area contributed by atoms with Gasteiger partial charge in [-0.05, 0) is 6.07 Å². The van der Waals surface area contributed by atoms with Gasteiger partial charge in [-0.2, -0.15) is 5.26 Å². The fraction of sp³-hybridized carbons (Fsp3) is 0.333. The Labute approximate surface area is 86.1 Å². The smallest absolute Gasteiger partial charge is 0.119 e. The fourth-order valence-corrected chi connectivity index (χ4v) is 2.02. The first-order chi connectivity index (χ1) is 6.79. The lowest BCUT2D eigenvalue weighted by molar-refractivity contribution is 0.0455. The molecule has 1 aliphatic rings. The molecule has 14 heavy (non-hydrogen) atoms. The van der Waals surface area contributed by atoms with Gasteiger partial charge in [-0.25, -0.2) is 4.98 Å². The summed E-state index contributed by atoms with van der Waals surface area (Å²) in [7, 11) is 0. The van der Waals surface area contributed by atoms with Gasteiger partial charge in [-0.15, -0.1) is 0 Å². The van der Waals surface area contributed by atoms with Crippen molar-refractivity contribution < 1.29 is 4.74 Å². The van der Waals surface area contributed by atoms with Gasteiger partial charge in [-0.1, -0.05) is 11.8 Å². The van der Waals surface area contributed by atoms with Crippen molar-refractivity contribution >= 4 is 17.4 Å². The maximum atomic E-state index is 8.62. The van der Waals surface area contributed by atoms with Gasteiger partial charge in [0, 0.05) is 6.20 Å². The highest BCUT2D eigenvalue weighted by molar-refractivity contribution is 8.00. The van der Waals surface area contributed by atoms with Crippen LogP contribution in [0.2, 0.25) is 0 Å². The Balaban J connectivity index is 2.14. The molecule has 0 spiro atoms. The lowest BCUT2D eigenvalue weighted by atomic mass is 10.3. The van der Waals surface area contributed by atoms with Crippen molar-refractivity contribution in [2.24, 2.45) is 0 Å². The van der Waals surface area contributed by atoms with Crippen molar-refractivity contribution in [3.63, 3.8) is 0 Å². The number of anilines is 1. The average Bonchev–Trinajstić information content (AvgIpc) is 2.13. The van der Waals surface area contributed by atoms with E-state index in [0.29, 0.717) is 16.5 Å². The predicted molar refractivity (Wildman–Crippen MR) is 53.8 cm³/mol. The van der Waals surface area contributed by atoms with Crippen LogP contribution in [-0.4, -0.2) is 23.4 Å². The summed E-state index contributed by atoms with van der Waals surface area (Å²) in [5.74, 6) is 0. The van der Waals surface area contributed by atoms with Gasteiger partial charge in [0.15, 0.2) is 0 Å². The van der Waals surface area contributed by atoms with Gasteiger partial charge < -0.3 is 10.5 Å². The number of ether oxygens (including phenoxy) is 1. The van der Waals surface area contributed by atoms with E-state index in [1.165, 1.54) is 6.20 Å². The molecule has 1 fully saturated rings. The highest BCUT2D eigenvalue weighted by Crippen LogP contribution is 2.30. The molecule has 1 saturated heterocycles. The zero-order chi connectivity index (χ0) is 9.97. The number of pyridine rings is 1. The Hall–Kier alpha value is -1.25. The van der Waals surface area contributed by atoms with Gasteiger partial charge in [0.2, 0.25) is 0 Å². The Morgan fingerprint density at radius 2 is 2.43 bits per heavy atom. The highest BCUT2D eigenvalue weighted by atomic mass is 32.2. The highest BCUT2D eigenvalue weighted by Gasteiger charge is 2.21. The molecule has 0 radical (unpaired) electrons. The van der Waals surface area contributed by atoms with Crippen LogP contribution in [0.25, 0.3) is 0 Å². The van der Waals surface area contributed by atoms with Crippen molar-refractivity contribution in [3.8, 4) is 6.07 Å². The molecule has 0 bridgehead atoms. The number of nitrogens with two attached hydrogens (primary N) is 1. The number of nitriles is 1. The molecule has 1 aliphatic heterocycles. The fourth-order valence-electron chi connectivity index (χ4n) is 1.07. The van der Waals surface area contributed by atoms with E-state index < -0.39 is 0 Å². The zero-order valence-corrected chi connectivity index (χ0v) is 8.25. The minimum absolute atomic E-state index is 0.456. The number of nitrogen functional groups attached to an aromatic ring is 1. The summed E-state index contributed by atoms with van der Waals surface area (Å²) in [5, 5.41) is 9.87. The third kappa shape index (κ3) is 1.81. The largest absolute Gasteiger partial charge is 0.397 e. The van der Waals surface area contributed by atoms with Crippen molar-refractivity contribution in [1.29, 1.82) is 5.26 Å². The summed E-state index contributed by atoms with van der Waals surface area (Å²) in [6.07, 6.45) is 1.54. The maximum absolute atomic E-state index is 8.62. The van der Waals surface area contributed by atoms with E-state index in [2.05, 4.69) is 4.98 Å². The molecular weight excluding hydrogens is 198 g/mol. The molecule has 0 atom stereocenters. The monoisotopic (exact) mass is 207 g/mol. The number of nitrogens with zero attached hydrogens (tertiary/aromatic N) is 2. The molecule has 5 heteroatoms. The molecule has 1 aromatic rings. The molecule has 2 N–H and O–H groups in total. The van der Waals surface area contributed by atoms with Crippen LogP contribution in [0.3, 0.4) is 0 Å². The summed E-state index contributed by atoms with van der Waals surface area (Å²) in [5.41, 5.74) is 6.82. The number of hydrogen-bond acceptors (Lipinski definition) is 5. The summed E-state index contributed by atoms with van der Waals surface area (Å²) >= 11 is 1.61. The van der Waals surface area contributed by atoms with E-state index in [1.54, 1.807) is 17.8 Å². The SMILES string of the molecule is N#Cc1cnc(SC2COC2)c(N)c1. The topological polar surface area (TPSA) is 71.9 Å². The average molecular weight is 207 g/mol. The van der Waals surface area contributed by atoms with Gasteiger partial charge >= 0.3 is 0 Å². The van der Waals surface area contributed by atoms with Gasteiger partial charge in [0.05, 0.1) is 29.7 Å². The number of aromatic nitrogens is 1. The lowest BCUT2D eigenvalue weighted by Gasteiger charge is -2.24. The third-order valence-corrected chi connectivity index (χ3v) is 3.06. The van der Waals surface area contributed by atoms with E-state index in [4.69, 9.17) is 15.7 Å². The van der Waals surface area contributed by atoms with Crippen molar-refractivity contribution in [3.05, 3.63) is 17.8 Å². The van der Waals surface area contributed by atoms with Crippen LogP contribution >= 0.6 is 11.8 Å². The minimum Gasteiger partial charge on any atom is -0.397 e. The Bertz CT molecular complexity index is 384.